The summed E-state index contributed by atoms with van der Waals surface area (Å²) in [6.45, 7) is 1.68. The van der Waals surface area contributed by atoms with Crippen LogP contribution in [0.5, 0.6) is 0 Å². The fourth-order valence-electron chi connectivity index (χ4n) is 2.46. The Morgan fingerprint density at radius 1 is 1.24 bits per heavy atom. The summed E-state index contributed by atoms with van der Waals surface area (Å²) in [5.74, 6) is -0.587. The van der Waals surface area contributed by atoms with Crippen LogP contribution >= 0.6 is 0 Å². The second-order valence-electron chi connectivity index (χ2n) is 5.01. The Balaban J connectivity index is 1.82. The van der Waals surface area contributed by atoms with E-state index in [2.05, 4.69) is 0 Å². The molecule has 0 amide bonds. The highest BCUT2D eigenvalue weighted by Crippen LogP contribution is 2.31. The minimum atomic E-state index is -1.03. The fourth-order valence-corrected chi connectivity index (χ4v) is 2.46. The van der Waals surface area contributed by atoms with Crippen LogP contribution in [0.3, 0.4) is 0 Å². The molecule has 0 aromatic heterocycles. The lowest BCUT2D eigenvalue weighted by atomic mass is 9.90. The number of benzene rings is 1. The van der Waals surface area contributed by atoms with Gasteiger partial charge in [0.2, 0.25) is 0 Å². The topological polar surface area (TPSA) is 82.1 Å². The van der Waals surface area contributed by atoms with Gasteiger partial charge >= 0.3 is 12.1 Å². The van der Waals surface area contributed by atoms with Gasteiger partial charge < -0.3 is 19.3 Å². The monoisotopic (exact) mass is 290 g/mol. The van der Waals surface area contributed by atoms with Crippen LogP contribution in [0.4, 0.5) is 4.79 Å². The van der Waals surface area contributed by atoms with Crippen LogP contribution in [0.15, 0.2) is 42.0 Å². The minimum Gasteiger partial charge on any atom is -0.451 e. The van der Waals surface area contributed by atoms with Gasteiger partial charge in [-0.3, -0.25) is 0 Å². The molecule has 110 valence electrons. The maximum atomic E-state index is 12.1. The summed E-state index contributed by atoms with van der Waals surface area (Å²) in [7, 11) is 0. The van der Waals surface area contributed by atoms with E-state index in [0.29, 0.717) is 11.1 Å². The lowest BCUT2D eigenvalue weighted by molar-refractivity contribution is -0.0662. The van der Waals surface area contributed by atoms with Crippen LogP contribution in [0.25, 0.3) is 0 Å². The Morgan fingerprint density at radius 2 is 1.95 bits per heavy atom. The van der Waals surface area contributed by atoms with E-state index in [0.717, 1.165) is 0 Å². The number of hydrogen-bond acceptors (Lipinski definition) is 6. The molecule has 3 rings (SSSR count). The highest BCUT2D eigenvalue weighted by molar-refractivity contribution is 5.89. The molecule has 4 atom stereocenters. The molecule has 0 bridgehead atoms. The van der Waals surface area contributed by atoms with Crippen molar-refractivity contribution in [2.24, 2.45) is 0 Å². The average Bonchev–Trinajstić information content (AvgIpc) is 2.84. The molecule has 1 heterocycles. The number of aliphatic hydroxyl groups is 1. The molecule has 1 aromatic carbocycles. The molecule has 6 heteroatoms. The Kier molecular flexibility index (Phi) is 3.39. The largest absolute Gasteiger partial charge is 0.509 e. The lowest BCUT2D eigenvalue weighted by Gasteiger charge is -2.32. The van der Waals surface area contributed by atoms with Crippen molar-refractivity contribution in [3.05, 3.63) is 47.5 Å². The molecule has 1 aliphatic heterocycles. The van der Waals surface area contributed by atoms with Gasteiger partial charge in [0.15, 0.2) is 18.3 Å². The molecule has 1 aliphatic carbocycles. The Labute approximate surface area is 120 Å². The summed E-state index contributed by atoms with van der Waals surface area (Å²) in [6, 6.07) is 8.41. The summed E-state index contributed by atoms with van der Waals surface area (Å²) in [4.78, 5) is 23.3. The quantitative estimate of drug-likeness (QED) is 0.655. The third kappa shape index (κ3) is 2.50. The van der Waals surface area contributed by atoms with Crippen LogP contribution in [0, 0.1) is 0 Å². The van der Waals surface area contributed by atoms with Gasteiger partial charge in [-0.1, -0.05) is 18.2 Å². The van der Waals surface area contributed by atoms with Gasteiger partial charge in [-0.15, -0.1) is 0 Å². The first-order valence-electron chi connectivity index (χ1n) is 6.56. The van der Waals surface area contributed by atoms with E-state index in [-0.39, 0.29) is 0 Å². The Hall–Kier alpha value is -2.34. The van der Waals surface area contributed by atoms with Crippen molar-refractivity contribution in [1.29, 1.82) is 0 Å². The van der Waals surface area contributed by atoms with Gasteiger partial charge in [0.25, 0.3) is 0 Å². The molecule has 0 spiro atoms. The molecule has 1 saturated heterocycles. The van der Waals surface area contributed by atoms with E-state index >= 15 is 0 Å². The number of ether oxygens (including phenoxy) is 3. The fraction of sp³-hybridized carbons (Fsp3) is 0.333. The SMILES string of the molecule is CC1=C[C@@H]2OC(=O)O[C@@H]2[C@@H](OC(=O)c2ccccc2)[C@@H]1O. The van der Waals surface area contributed by atoms with Crippen LogP contribution in [0.2, 0.25) is 0 Å². The van der Waals surface area contributed by atoms with Gasteiger partial charge in [0.1, 0.15) is 6.10 Å². The molecule has 0 unspecified atom stereocenters. The van der Waals surface area contributed by atoms with Gasteiger partial charge in [0, 0.05) is 0 Å². The van der Waals surface area contributed by atoms with E-state index in [1.165, 1.54) is 0 Å². The molecular weight excluding hydrogens is 276 g/mol. The van der Waals surface area contributed by atoms with Crippen LogP contribution in [0.1, 0.15) is 17.3 Å². The minimum absolute atomic E-state index is 0.360. The number of hydrogen-bond donors (Lipinski definition) is 1. The second-order valence-corrected chi connectivity index (χ2v) is 5.01. The molecule has 0 saturated carbocycles. The highest BCUT2D eigenvalue weighted by atomic mass is 16.8. The molecule has 0 radical (unpaired) electrons. The smallest absolute Gasteiger partial charge is 0.451 e. The van der Waals surface area contributed by atoms with E-state index < -0.39 is 36.5 Å². The van der Waals surface area contributed by atoms with Crippen molar-refractivity contribution in [2.75, 3.05) is 0 Å². The summed E-state index contributed by atoms with van der Waals surface area (Å²) >= 11 is 0. The zero-order valence-electron chi connectivity index (χ0n) is 11.3. The molecule has 1 N–H and O–H groups in total. The normalized spacial score (nSPS) is 30.8. The van der Waals surface area contributed by atoms with Gasteiger partial charge in [-0.2, -0.15) is 0 Å². The third-order valence-electron chi connectivity index (χ3n) is 3.57. The molecule has 6 nitrogen and oxygen atoms in total. The molecule has 1 fully saturated rings. The maximum absolute atomic E-state index is 12.1. The Bertz CT molecular complexity index is 593. The second kappa shape index (κ2) is 5.21. The van der Waals surface area contributed by atoms with Crippen molar-refractivity contribution in [3.63, 3.8) is 0 Å². The number of carbonyl (C=O) groups is 2. The first-order valence-corrected chi connectivity index (χ1v) is 6.56. The van der Waals surface area contributed by atoms with Crippen LogP contribution < -0.4 is 0 Å². The zero-order chi connectivity index (χ0) is 15.0. The van der Waals surface area contributed by atoms with Crippen molar-refractivity contribution < 1.29 is 28.9 Å². The van der Waals surface area contributed by atoms with E-state index in [4.69, 9.17) is 14.2 Å². The van der Waals surface area contributed by atoms with Gasteiger partial charge in [-0.25, -0.2) is 9.59 Å². The van der Waals surface area contributed by atoms with Gasteiger partial charge in [-0.05, 0) is 30.7 Å². The predicted molar refractivity (Wildman–Crippen MR) is 70.6 cm³/mol. The van der Waals surface area contributed by atoms with E-state index in [9.17, 15) is 14.7 Å². The van der Waals surface area contributed by atoms with Crippen molar-refractivity contribution in [1.82, 2.24) is 0 Å². The highest BCUT2D eigenvalue weighted by Gasteiger charge is 2.49. The summed E-state index contributed by atoms with van der Waals surface area (Å²) in [5, 5.41) is 10.2. The van der Waals surface area contributed by atoms with Crippen LogP contribution in [-0.4, -0.2) is 41.6 Å². The first kappa shape index (κ1) is 13.6. The molecule has 1 aromatic rings. The van der Waals surface area contributed by atoms with Crippen molar-refractivity contribution in [3.8, 4) is 0 Å². The first-order chi connectivity index (χ1) is 10.1. The predicted octanol–water partition coefficient (Wildman–Crippen LogP) is 1.44. The number of aliphatic hydroxyl groups excluding tert-OH is 1. The summed E-state index contributed by atoms with van der Waals surface area (Å²) in [6.07, 6.45) is -2.72. The van der Waals surface area contributed by atoms with Crippen molar-refractivity contribution in [2.45, 2.75) is 31.3 Å². The standard InChI is InChI=1S/C15H14O6/c1-8-7-10-12(21-15(18)19-10)13(11(8)16)20-14(17)9-5-3-2-4-6-9/h2-7,10-13,16H,1H3/t10-,11+,12-,13-/m0/s1. The lowest BCUT2D eigenvalue weighted by Crippen LogP contribution is -2.49. The van der Waals surface area contributed by atoms with Gasteiger partial charge in [0.05, 0.1) is 5.56 Å². The Morgan fingerprint density at radius 3 is 2.67 bits per heavy atom. The zero-order valence-corrected chi connectivity index (χ0v) is 11.3. The third-order valence-corrected chi connectivity index (χ3v) is 3.57. The molecule has 2 aliphatic rings. The number of fused-ring (bicyclic) bond motifs is 1. The number of carbonyl (C=O) groups excluding carboxylic acids is 2. The van der Waals surface area contributed by atoms with Crippen molar-refractivity contribution >= 4 is 12.1 Å². The van der Waals surface area contributed by atoms with Crippen LogP contribution in [-0.2, 0) is 14.2 Å². The van der Waals surface area contributed by atoms with E-state index in [1.54, 1.807) is 43.3 Å². The number of esters is 1. The number of rotatable bonds is 2. The molecule has 21 heavy (non-hydrogen) atoms. The van der Waals surface area contributed by atoms with E-state index in [1.807, 2.05) is 0 Å². The summed E-state index contributed by atoms with van der Waals surface area (Å²) in [5.41, 5.74) is 0.930. The average molecular weight is 290 g/mol. The summed E-state index contributed by atoms with van der Waals surface area (Å²) < 4.78 is 15.3. The maximum Gasteiger partial charge on any atom is 0.509 e. The molecular formula is C15H14O6.